The van der Waals surface area contributed by atoms with Crippen molar-refractivity contribution in [1.82, 2.24) is 0 Å². The Morgan fingerprint density at radius 3 is 2.26 bits per heavy atom. The summed E-state index contributed by atoms with van der Waals surface area (Å²) in [6.45, 7) is 16.4. The van der Waals surface area contributed by atoms with E-state index in [1.807, 2.05) is 0 Å². The standard InChI is InChI=1S/C32H52O6/c1-17-15-19(26(28(5,6)36)37-18(2)33)38-24-23(17)29(7)13-14-32-16-31(32)12-11-22(34)27(3,4)20(31)9-10-21(32)30(29,8)25(24)35/h17,19-26,34-36H,9-16H2,1-8H3/t17-,19-,20-,21+,22?,23+,24+,25+,26+,29-,30-,31?,32+/m1/s1. The molecule has 5 saturated carbocycles. The van der Waals surface area contributed by atoms with Crippen LogP contribution < -0.4 is 0 Å². The van der Waals surface area contributed by atoms with Gasteiger partial charge in [0.25, 0.3) is 0 Å². The molecule has 216 valence electrons. The molecule has 38 heavy (non-hydrogen) atoms. The molecule has 0 aromatic heterocycles. The third kappa shape index (κ3) is 3.13. The maximum absolute atomic E-state index is 12.3. The highest BCUT2D eigenvalue weighted by atomic mass is 16.6. The monoisotopic (exact) mass is 532 g/mol. The van der Waals surface area contributed by atoms with E-state index in [0.717, 1.165) is 32.1 Å². The minimum atomic E-state index is -1.24. The van der Waals surface area contributed by atoms with Gasteiger partial charge in [0.05, 0.1) is 30.0 Å². The van der Waals surface area contributed by atoms with E-state index in [-0.39, 0.29) is 45.7 Å². The van der Waals surface area contributed by atoms with E-state index in [1.54, 1.807) is 13.8 Å². The second-order valence-electron chi connectivity index (χ2n) is 16.3. The van der Waals surface area contributed by atoms with Gasteiger partial charge in [-0.2, -0.15) is 0 Å². The van der Waals surface area contributed by atoms with Gasteiger partial charge in [-0.1, -0.05) is 34.6 Å². The van der Waals surface area contributed by atoms with Crippen molar-refractivity contribution in [3.05, 3.63) is 0 Å². The Balaban J connectivity index is 1.35. The molecule has 0 radical (unpaired) electrons. The Bertz CT molecular complexity index is 1000. The van der Waals surface area contributed by atoms with Crippen molar-refractivity contribution in [2.45, 2.75) is 143 Å². The number of esters is 1. The van der Waals surface area contributed by atoms with Crippen molar-refractivity contribution in [1.29, 1.82) is 0 Å². The van der Waals surface area contributed by atoms with E-state index in [2.05, 4.69) is 34.6 Å². The summed E-state index contributed by atoms with van der Waals surface area (Å²) >= 11 is 0. The third-order valence-electron chi connectivity index (χ3n) is 14.1. The van der Waals surface area contributed by atoms with E-state index in [9.17, 15) is 20.1 Å². The molecular weight excluding hydrogens is 480 g/mol. The summed E-state index contributed by atoms with van der Waals surface area (Å²) in [6, 6.07) is 0. The van der Waals surface area contributed by atoms with Crippen LogP contribution in [-0.4, -0.2) is 57.4 Å². The van der Waals surface area contributed by atoms with Gasteiger partial charge in [0.1, 0.15) is 0 Å². The van der Waals surface area contributed by atoms with Crippen LogP contribution in [0, 0.1) is 50.7 Å². The molecule has 1 saturated heterocycles. The molecule has 5 aliphatic carbocycles. The topological polar surface area (TPSA) is 96.2 Å². The molecule has 0 amide bonds. The van der Waals surface area contributed by atoms with Gasteiger partial charge < -0.3 is 24.8 Å². The zero-order chi connectivity index (χ0) is 27.8. The van der Waals surface area contributed by atoms with Gasteiger partial charge in [-0.3, -0.25) is 4.79 Å². The summed E-state index contributed by atoms with van der Waals surface area (Å²) in [5.74, 6) is 1.09. The minimum absolute atomic E-state index is 0.0383. The number of rotatable bonds is 3. The third-order valence-corrected chi connectivity index (χ3v) is 14.1. The van der Waals surface area contributed by atoms with Crippen LogP contribution in [-0.2, 0) is 14.3 Å². The van der Waals surface area contributed by atoms with Crippen LogP contribution in [0.15, 0.2) is 0 Å². The SMILES string of the molecule is CC(=O)O[C@@H]([C@H]1C[C@@H](C)[C@H]2[C@H](O1)[C@H](O)[C@@]1(C)[C@@H]3CC[C@@H]4C(C)(C)C(O)CCC45C[C@@]35CC[C@]21C)C(C)(C)O. The molecule has 2 spiro atoms. The molecule has 6 nitrogen and oxygen atoms in total. The van der Waals surface area contributed by atoms with Crippen LogP contribution >= 0.6 is 0 Å². The molecule has 13 atom stereocenters. The maximum atomic E-state index is 12.3. The van der Waals surface area contributed by atoms with Crippen molar-refractivity contribution in [3.63, 3.8) is 0 Å². The summed E-state index contributed by atoms with van der Waals surface area (Å²) in [5, 5.41) is 34.2. The van der Waals surface area contributed by atoms with E-state index in [0.29, 0.717) is 23.7 Å². The Morgan fingerprint density at radius 1 is 1.00 bits per heavy atom. The Kier molecular flexibility index (Phi) is 5.77. The fourth-order valence-corrected chi connectivity index (χ4v) is 12.4. The van der Waals surface area contributed by atoms with Gasteiger partial charge in [0.15, 0.2) is 6.10 Å². The molecule has 6 rings (SSSR count). The molecule has 1 aliphatic heterocycles. The molecule has 1 heterocycles. The van der Waals surface area contributed by atoms with E-state index in [4.69, 9.17) is 9.47 Å². The minimum Gasteiger partial charge on any atom is -0.457 e. The van der Waals surface area contributed by atoms with Gasteiger partial charge in [-0.25, -0.2) is 0 Å². The number of carbonyl (C=O) groups excluding carboxylic acids is 1. The Morgan fingerprint density at radius 2 is 1.63 bits per heavy atom. The summed E-state index contributed by atoms with van der Waals surface area (Å²) in [6.07, 6.45) is 6.19. The first-order valence-corrected chi connectivity index (χ1v) is 15.4. The predicted molar refractivity (Wildman–Crippen MR) is 144 cm³/mol. The highest BCUT2D eigenvalue weighted by molar-refractivity contribution is 5.66. The molecule has 6 fully saturated rings. The predicted octanol–water partition coefficient (Wildman–Crippen LogP) is 4.86. The number of hydrogen-bond donors (Lipinski definition) is 3. The van der Waals surface area contributed by atoms with E-state index in [1.165, 1.54) is 19.8 Å². The molecule has 0 aromatic carbocycles. The molecule has 6 aliphatic rings. The van der Waals surface area contributed by atoms with Crippen molar-refractivity contribution in [2.24, 2.45) is 50.7 Å². The van der Waals surface area contributed by atoms with Crippen LogP contribution in [0.5, 0.6) is 0 Å². The second-order valence-corrected chi connectivity index (χ2v) is 16.3. The number of carbonyl (C=O) groups is 1. The van der Waals surface area contributed by atoms with Crippen LogP contribution in [0.25, 0.3) is 0 Å². The Labute approximate surface area is 229 Å². The zero-order valence-electron chi connectivity index (χ0n) is 24.9. The fourth-order valence-electron chi connectivity index (χ4n) is 12.4. The van der Waals surface area contributed by atoms with Gasteiger partial charge in [-0.05, 0) is 111 Å². The maximum Gasteiger partial charge on any atom is 0.303 e. The summed E-state index contributed by atoms with van der Waals surface area (Å²) in [7, 11) is 0. The smallest absolute Gasteiger partial charge is 0.303 e. The van der Waals surface area contributed by atoms with Crippen molar-refractivity contribution in [3.8, 4) is 0 Å². The average Bonchev–Trinajstić information content (AvgIpc) is 3.44. The second kappa shape index (κ2) is 7.98. The van der Waals surface area contributed by atoms with Gasteiger partial charge in [0.2, 0.25) is 0 Å². The van der Waals surface area contributed by atoms with Gasteiger partial charge in [0, 0.05) is 12.3 Å². The number of ether oxygens (including phenoxy) is 2. The lowest BCUT2D eigenvalue weighted by Crippen LogP contribution is -2.59. The average molecular weight is 533 g/mol. The van der Waals surface area contributed by atoms with Crippen molar-refractivity contribution >= 4 is 5.97 Å². The highest BCUT2D eigenvalue weighted by Crippen LogP contribution is 2.89. The number of aliphatic hydroxyl groups is 3. The van der Waals surface area contributed by atoms with E-state index < -0.39 is 29.9 Å². The first-order valence-electron chi connectivity index (χ1n) is 15.4. The number of aliphatic hydroxyl groups excluding tert-OH is 2. The molecule has 3 N–H and O–H groups in total. The molecule has 0 aromatic rings. The summed E-state index contributed by atoms with van der Waals surface area (Å²) in [5.41, 5.74) is -1.01. The summed E-state index contributed by atoms with van der Waals surface area (Å²) in [4.78, 5) is 11.9. The van der Waals surface area contributed by atoms with Crippen LogP contribution in [0.1, 0.15) is 107 Å². The lowest BCUT2D eigenvalue weighted by Gasteiger charge is -2.63. The van der Waals surface area contributed by atoms with Crippen molar-refractivity contribution < 1.29 is 29.6 Å². The molecule has 0 bridgehead atoms. The highest BCUT2D eigenvalue weighted by Gasteiger charge is 2.84. The lowest BCUT2D eigenvalue weighted by atomic mass is 9.41. The number of hydrogen-bond acceptors (Lipinski definition) is 6. The van der Waals surface area contributed by atoms with Crippen LogP contribution in [0.3, 0.4) is 0 Å². The van der Waals surface area contributed by atoms with Gasteiger partial charge in [-0.15, -0.1) is 0 Å². The van der Waals surface area contributed by atoms with E-state index >= 15 is 0 Å². The van der Waals surface area contributed by atoms with Gasteiger partial charge >= 0.3 is 5.97 Å². The molecule has 6 heteroatoms. The largest absolute Gasteiger partial charge is 0.457 e. The normalized spacial score (nSPS) is 55.4. The van der Waals surface area contributed by atoms with Crippen molar-refractivity contribution in [2.75, 3.05) is 0 Å². The molecular formula is C32H52O6. The number of fused-ring (bicyclic) bond motifs is 4. The first kappa shape index (κ1) is 27.5. The fraction of sp³-hybridized carbons (Fsp3) is 0.969. The van der Waals surface area contributed by atoms with Crippen LogP contribution in [0.4, 0.5) is 0 Å². The Hall–Kier alpha value is -0.690. The van der Waals surface area contributed by atoms with Crippen LogP contribution in [0.2, 0.25) is 0 Å². The quantitative estimate of drug-likeness (QED) is 0.449. The summed E-state index contributed by atoms with van der Waals surface area (Å²) < 4.78 is 12.4. The first-order chi connectivity index (χ1) is 17.5. The zero-order valence-corrected chi connectivity index (χ0v) is 24.9. The lowest BCUT2D eigenvalue weighted by molar-refractivity contribution is -0.216. The molecule has 2 unspecified atom stereocenters.